The number of aliphatic hydroxyl groups is 1. The van der Waals surface area contributed by atoms with Crippen LogP contribution in [-0.4, -0.2) is 23.7 Å². The zero-order valence-corrected chi connectivity index (χ0v) is 8.74. The first-order chi connectivity index (χ1) is 7.09. The molecule has 80 valence electrons. The van der Waals surface area contributed by atoms with Crippen LogP contribution in [0.3, 0.4) is 0 Å². The van der Waals surface area contributed by atoms with Gasteiger partial charge in [0.15, 0.2) is 0 Å². The molecule has 0 aromatic heterocycles. The highest BCUT2D eigenvalue weighted by Crippen LogP contribution is 2.32. The molecule has 5 heteroatoms. The maximum absolute atomic E-state index is 11.5. The molecule has 1 heterocycles. The van der Waals surface area contributed by atoms with Crippen molar-refractivity contribution in [3.05, 3.63) is 23.2 Å². The fourth-order valence-corrected chi connectivity index (χ4v) is 1.85. The second-order valence-corrected chi connectivity index (χ2v) is 3.94. The zero-order chi connectivity index (χ0) is 11.0. The largest absolute Gasteiger partial charge is 0.396 e. The van der Waals surface area contributed by atoms with E-state index in [1.807, 2.05) is 0 Å². The van der Waals surface area contributed by atoms with Crippen LogP contribution in [0.5, 0.6) is 0 Å². The molecular weight excluding hydrogens is 216 g/mol. The number of carbonyl (C=O) groups excluding carboxylic acids is 1. The minimum atomic E-state index is -0.615. The van der Waals surface area contributed by atoms with Crippen molar-refractivity contribution in [2.75, 3.05) is 17.2 Å². The summed E-state index contributed by atoms with van der Waals surface area (Å²) in [5.74, 6) is -0.128. The molecule has 0 aliphatic carbocycles. The molecule has 0 spiro atoms. The van der Waals surface area contributed by atoms with Crippen LogP contribution >= 0.6 is 11.6 Å². The Bertz CT molecular complexity index is 408. The van der Waals surface area contributed by atoms with Crippen molar-refractivity contribution < 1.29 is 9.90 Å². The van der Waals surface area contributed by atoms with E-state index in [2.05, 4.69) is 0 Å². The molecule has 2 rings (SSSR count). The normalized spacial score (nSPS) is 21.1. The topological polar surface area (TPSA) is 66.6 Å². The number of amides is 1. The molecule has 0 bridgehead atoms. The van der Waals surface area contributed by atoms with Gasteiger partial charge in [0.1, 0.15) is 0 Å². The van der Waals surface area contributed by atoms with Gasteiger partial charge in [0.05, 0.1) is 35.5 Å². The lowest BCUT2D eigenvalue weighted by atomic mass is 10.2. The number of β-amino-alcohol motifs (C(OH)–C–C–N with tert-alkyl or cyclic N) is 1. The van der Waals surface area contributed by atoms with Crippen LogP contribution in [0, 0.1) is 0 Å². The molecule has 1 aliphatic rings. The minimum absolute atomic E-state index is 0.128. The Kier molecular flexibility index (Phi) is 2.54. The quantitative estimate of drug-likeness (QED) is 0.703. The van der Waals surface area contributed by atoms with Crippen LogP contribution in [0.1, 0.15) is 6.42 Å². The highest BCUT2D eigenvalue weighted by Gasteiger charge is 2.30. The van der Waals surface area contributed by atoms with Gasteiger partial charge < -0.3 is 15.7 Å². The average Bonchev–Trinajstić information content (AvgIpc) is 2.50. The average molecular weight is 227 g/mol. The molecule has 15 heavy (non-hydrogen) atoms. The SMILES string of the molecule is Nc1c(Cl)cccc1N1CC(O)CC1=O. The molecule has 1 atom stereocenters. The first-order valence-electron chi connectivity index (χ1n) is 4.62. The van der Waals surface area contributed by atoms with Crippen molar-refractivity contribution in [3.8, 4) is 0 Å². The smallest absolute Gasteiger partial charge is 0.229 e. The number of anilines is 2. The lowest BCUT2D eigenvalue weighted by molar-refractivity contribution is -0.117. The van der Waals surface area contributed by atoms with E-state index in [0.717, 1.165) is 0 Å². The van der Waals surface area contributed by atoms with E-state index in [1.54, 1.807) is 18.2 Å². The predicted octanol–water partition coefficient (Wildman–Crippen LogP) is 1.02. The van der Waals surface area contributed by atoms with Crippen LogP contribution < -0.4 is 10.6 Å². The number of nitrogens with two attached hydrogens (primary N) is 1. The molecule has 1 aliphatic heterocycles. The molecule has 1 fully saturated rings. The summed E-state index contributed by atoms with van der Waals surface area (Å²) in [5.41, 5.74) is 6.71. The van der Waals surface area contributed by atoms with Crippen LogP contribution in [0.15, 0.2) is 18.2 Å². The molecule has 1 aromatic rings. The third-order valence-corrected chi connectivity index (χ3v) is 2.75. The number of nitrogens with zero attached hydrogens (tertiary/aromatic N) is 1. The zero-order valence-electron chi connectivity index (χ0n) is 7.98. The Morgan fingerprint density at radius 3 is 2.87 bits per heavy atom. The summed E-state index contributed by atoms with van der Waals surface area (Å²) < 4.78 is 0. The van der Waals surface area contributed by atoms with E-state index in [0.29, 0.717) is 16.4 Å². The summed E-state index contributed by atoms with van der Waals surface area (Å²) in [6, 6.07) is 5.11. The highest BCUT2D eigenvalue weighted by atomic mass is 35.5. The van der Waals surface area contributed by atoms with Crippen molar-refractivity contribution >= 4 is 28.9 Å². The van der Waals surface area contributed by atoms with Gasteiger partial charge in [0, 0.05) is 0 Å². The van der Waals surface area contributed by atoms with Gasteiger partial charge in [0.2, 0.25) is 5.91 Å². The number of benzene rings is 1. The summed E-state index contributed by atoms with van der Waals surface area (Å²) in [7, 11) is 0. The summed E-state index contributed by atoms with van der Waals surface area (Å²) >= 11 is 5.85. The van der Waals surface area contributed by atoms with Gasteiger partial charge in [-0.1, -0.05) is 17.7 Å². The van der Waals surface area contributed by atoms with Gasteiger partial charge in [0.25, 0.3) is 0 Å². The molecule has 1 aromatic carbocycles. The van der Waals surface area contributed by atoms with Gasteiger partial charge in [-0.05, 0) is 12.1 Å². The Morgan fingerprint density at radius 1 is 1.53 bits per heavy atom. The monoisotopic (exact) mass is 226 g/mol. The van der Waals surface area contributed by atoms with Gasteiger partial charge in [-0.3, -0.25) is 4.79 Å². The summed E-state index contributed by atoms with van der Waals surface area (Å²) in [4.78, 5) is 13.0. The van der Waals surface area contributed by atoms with E-state index < -0.39 is 6.10 Å². The van der Waals surface area contributed by atoms with Crippen LogP contribution in [0.25, 0.3) is 0 Å². The molecule has 0 saturated carbocycles. The molecule has 1 unspecified atom stereocenters. The molecular formula is C10H11ClN2O2. The maximum Gasteiger partial charge on any atom is 0.229 e. The second-order valence-electron chi connectivity index (χ2n) is 3.53. The van der Waals surface area contributed by atoms with E-state index in [-0.39, 0.29) is 18.9 Å². The number of carbonyl (C=O) groups is 1. The molecule has 3 N–H and O–H groups in total. The third kappa shape index (κ3) is 1.78. The van der Waals surface area contributed by atoms with E-state index in [4.69, 9.17) is 17.3 Å². The number of halogens is 1. The Balaban J connectivity index is 2.38. The van der Waals surface area contributed by atoms with Crippen molar-refractivity contribution in [1.29, 1.82) is 0 Å². The Morgan fingerprint density at radius 2 is 2.27 bits per heavy atom. The summed E-state index contributed by atoms with van der Waals surface area (Å²) in [5, 5.41) is 9.77. The number of nitrogen functional groups attached to an aromatic ring is 1. The van der Waals surface area contributed by atoms with Gasteiger partial charge in [-0.2, -0.15) is 0 Å². The third-order valence-electron chi connectivity index (χ3n) is 2.43. The van der Waals surface area contributed by atoms with Crippen molar-refractivity contribution in [3.63, 3.8) is 0 Å². The summed E-state index contributed by atoms with van der Waals surface area (Å²) in [6.07, 6.45) is -0.470. The number of para-hydroxylation sites is 1. The number of hydrogen-bond donors (Lipinski definition) is 2. The van der Waals surface area contributed by atoms with E-state index in [9.17, 15) is 9.90 Å². The standard InChI is InChI=1S/C10H11ClN2O2/c11-7-2-1-3-8(10(7)12)13-5-6(14)4-9(13)15/h1-3,6,14H,4-5,12H2. The van der Waals surface area contributed by atoms with E-state index >= 15 is 0 Å². The Labute approximate surface area is 92.2 Å². The molecule has 0 radical (unpaired) electrons. The molecule has 1 amide bonds. The van der Waals surface area contributed by atoms with Crippen molar-refractivity contribution in [2.24, 2.45) is 0 Å². The van der Waals surface area contributed by atoms with Gasteiger partial charge in [-0.15, -0.1) is 0 Å². The minimum Gasteiger partial charge on any atom is -0.396 e. The van der Waals surface area contributed by atoms with Gasteiger partial charge in [-0.25, -0.2) is 0 Å². The first kappa shape index (κ1) is 10.3. The predicted molar refractivity (Wildman–Crippen MR) is 58.8 cm³/mol. The van der Waals surface area contributed by atoms with Crippen molar-refractivity contribution in [2.45, 2.75) is 12.5 Å². The number of rotatable bonds is 1. The van der Waals surface area contributed by atoms with Crippen LogP contribution in [0.4, 0.5) is 11.4 Å². The molecule has 1 saturated heterocycles. The lowest BCUT2D eigenvalue weighted by Gasteiger charge is -2.18. The van der Waals surface area contributed by atoms with Gasteiger partial charge >= 0.3 is 0 Å². The van der Waals surface area contributed by atoms with Crippen LogP contribution in [-0.2, 0) is 4.79 Å². The molecule has 4 nitrogen and oxygen atoms in total. The van der Waals surface area contributed by atoms with Crippen LogP contribution in [0.2, 0.25) is 5.02 Å². The number of hydrogen-bond acceptors (Lipinski definition) is 3. The lowest BCUT2D eigenvalue weighted by Crippen LogP contribution is -2.26. The fourth-order valence-electron chi connectivity index (χ4n) is 1.68. The first-order valence-corrected chi connectivity index (χ1v) is 5.00. The maximum atomic E-state index is 11.5. The van der Waals surface area contributed by atoms with E-state index in [1.165, 1.54) is 4.90 Å². The highest BCUT2D eigenvalue weighted by molar-refractivity contribution is 6.33. The Hall–Kier alpha value is -1.26. The summed E-state index contributed by atoms with van der Waals surface area (Å²) in [6.45, 7) is 0.281. The van der Waals surface area contributed by atoms with Crippen molar-refractivity contribution in [1.82, 2.24) is 0 Å². The fraction of sp³-hybridized carbons (Fsp3) is 0.300. The number of aliphatic hydroxyl groups excluding tert-OH is 1. The second kappa shape index (κ2) is 3.72.